The van der Waals surface area contributed by atoms with Crippen molar-refractivity contribution in [2.45, 2.75) is 46.0 Å². The third-order valence-corrected chi connectivity index (χ3v) is 4.31. The fourth-order valence-corrected chi connectivity index (χ4v) is 2.66. The molecule has 0 heterocycles. The summed E-state index contributed by atoms with van der Waals surface area (Å²) >= 11 is 0. The summed E-state index contributed by atoms with van der Waals surface area (Å²) in [5.74, 6) is 0.762. The van der Waals surface area contributed by atoms with E-state index in [4.69, 9.17) is 9.47 Å². The van der Waals surface area contributed by atoms with Gasteiger partial charge in [-0.3, -0.25) is 20.4 Å². The minimum absolute atomic E-state index is 0.105. The normalized spacial score (nSPS) is 11.1. The average molecular weight is 399 g/mol. The van der Waals surface area contributed by atoms with Crippen molar-refractivity contribution in [1.82, 2.24) is 10.9 Å². The average Bonchev–Trinajstić information content (AvgIpc) is 2.69. The number of hydrogen-bond donors (Lipinski definition) is 2. The number of carbonyl (C=O) groups is 2. The molecule has 6 nitrogen and oxygen atoms in total. The van der Waals surface area contributed by atoms with E-state index in [9.17, 15) is 9.59 Å². The van der Waals surface area contributed by atoms with Gasteiger partial charge in [0.25, 0.3) is 11.8 Å². The summed E-state index contributed by atoms with van der Waals surface area (Å²) in [6, 6.07) is 15.2. The fourth-order valence-electron chi connectivity index (χ4n) is 2.66. The number of carbonyl (C=O) groups excluding carboxylic acids is 2. The summed E-state index contributed by atoms with van der Waals surface area (Å²) in [6.07, 6.45) is 0. The van der Waals surface area contributed by atoms with Crippen molar-refractivity contribution in [3.63, 3.8) is 0 Å². The second-order valence-corrected chi connectivity index (χ2v) is 8.14. The van der Waals surface area contributed by atoms with Gasteiger partial charge in [-0.1, -0.05) is 65.0 Å². The molecular weight excluding hydrogens is 368 g/mol. The largest absolute Gasteiger partial charge is 0.484 e. The quantitative estimate of drug-likeness (QED) is 0.697. The molecule has 0 aliphatic heterocycles. The first-order chi connectivity index (χ1) is 13.7. The second-order valence-electron chi connectivity index (χ2n) is 8.14. The maximum absolute atomic E-state index is 12.0. The number of benzene rings is 2. The molecule has 2 aromatic carbocycles. The van der Waals surface area contributed by atoms with Crippen LogP contribution in [0, 0.1) is 0 Å². The van der Waals surface area contributed by atoms with Crippen molar-refractivity contribution in [2.75, 3.05) is 13.2 Å². The zero-order chi connectivity index (χ0) is 21.4. The first-order valence-corrected chi connectivity index (χ1v) is 9.69. The molecule has 0 radical (unpaired) electrons. The highest BCUT2D eigenvalue weighted by Gasteiger charge is 2.19. The summed E-state index contributed by atoms with van der Waals surface area (Å²) in [7, 11) is 0. The van der Waals surface area contributed by atoms with Crippen molar-refractivity contribution in [1.29, 1.82) is 0 Å². The van der Waals surface area contributed by atoms with Gasteiger partial charge in [-0.05, 0) is 40.7 Å². The van der Waals surface area contributed by atoms with Crippen molar-refractivity contribution >= 4 is 11.8 Å². The Balaban J connectivity index is 1.74. The number of ether oxygens (including phenoxy) is 2. The molecule has 0 spiro atoms. The molecule has 0 aliphatic carbocycles. The minimum Gasteiger partial charge on any atom is -0.484 e. The molecule has 0 saturated heterocycles. The smallest absolute Gasteiger partial charge is 0.276 e. The summed E-state index contributed by atoms with van der Waals surface area (Å²) in [5, 5.41) is 0. The maximum Gasteiger partial charge on any atom is 0.276 e. The molecular formula is C23H30N2O4. The predicted octanol–water partition coefficient (Wildman–Crippen LogP) is 3.71. The molecule has 2 N–H and O–H groups in total. The van der Waals surface area contributed by atoms with E-state index in [1.165, 1.54) is 5.56 Å². The van der Waals surface area contributed by atoms with Gasteiger partial charge in [0.1, 0.15) is 11.5 Å². The van der Waals surface area contributed by atoms with E-state index in [-0.39, 0.29) is 18.6 Å². The van der Waals surface area contributed by atoms with Crippen LogP contribution in [0.3, 0.4) is 0 Å². The van der Waals surface area contributed by atoms with E-state index in [1.54, 1.807) is 0 Å². The fraction of sp³-hybridized carbons (Fsp3) is 0.391. The predicted molar refractivity (Wildman–Crippen MR) is 113 cm³/mol. The van der Waals surface area contributed by atoms with E-state index >= 15 is 0 Å². The van der Waals surface area contributed by atoms with Crippen LogP contribution in [0.15, 0.2) is 48.5 Å². The molecule has 6 heteroatoms. The number of hydrogen-bond acceptors (Lipinski definition) is 4. The van der Waals surface area contributed by atoms with Gasteiger partial charge in [0, 0.05) is 0 Å². The van der Waals surface area contributed by atoms with Gasteiger partial charge in [-0.15, -0.1) is 0 Å². The van der Waals surface area contributed by atoms with E-state index in [0.717, 1.165) is 5.56 Å². The van der Waals surface area contributed by atoms with Crippen LogP contribution in [0.5, 0.6) is 11.5 Å². The number of nitrogens with one attached hydrogen (secondary N) is 2. The van der Waals surface area contributed by atoms with Crippen LogP contribution < -0.4 is 20.3 Å². The van der Waals surface area contributed by atoms with E-state index in [0.29, 0.717) is 17.4 Å². The van der Waals surface area contributed by atoms with Crippen molar-refractivity contribution < 1.29 is 19.1 Å². The van der Waals surface area contributed by atoms with Gasteiger partial charge in [0.15, 0.2) is 13.2 Å². The van der Waals surface area contributed by atoms with E-state index < -0.39 is 11.8 Å². The molecule has 29 heavy (non-hydrogen) atoms. The Hall–Kier alpha value is -3.02. The van der Waals surface area contributed by atoms with Crippen LogP contribution in [0.1, 0.15) is 51.7 Å². The summed E-state index contributed by atoms with van der Waals surface area (Å²) in [5.41, 5.74) is 6.75. The number of rotatable bonds is 7. The number of amides is 2. The van der Waals surface area contributed by atoms with Crippen molar-refractivity contribution in [3.8, 4) is 11.5 Å². The molecule has 0 unspecified atom stereocenters. The standard InChI is InChI=1S/C23H30N2O4/c1-16(2)17-10-12-18(13-11-17)28-14-21(26)24-25-22(27)15-29-20-9-7-6-8-19(20)23(3,4)5/h6-13,16H,14-15H2,1-5H3,(H,24,26)(H,25,27). The third kappa shape index (κ3) is 7.14. The number of para-hydroxylation sites is 1. The lowest BCUT2D eigenvalue weighted by Gasteiger charge is -2.22. The molecule has 0 saturated carbocycles. The highest BCUT2D eigenvalue weighted by atomic mass is 16.5. The molecule has 2 aromatic rings. The van der Waals surface area contributed by atoms with Crippen LogP contribution in [-0.2, 0) is 15.0 Å². The highest BCUT2D eigenvalue weighted by Crippen LogP contribution is 2.30. The monoisotopic (exact) mass is 398 g/mol. The Labute approximate surface area is 172 Å². The molecule has 2 amide bonds. The van der Waals surface area contributed by atoms with Crippen LogP contribution >= 0.6 is 0 Å². The lowest BCUT2D eigenvalue weighted by molar-refractivity contribution is -0.131. The van der Waals surface area contributed by atoms with Gasteiger partial charge in [0.05, 0.1) is 0 Å². The zero-order valence-corrected chi connectivity index (χ0v) is 17.7. The Morgan fingerprint density at radius 3 is 1.97 bits per heavy atom. The molecule has 0 fully saturated rings. The summed E-state index contributed by atoms with van der Waals surface area (Å²) < 4.78 is 11.0. The Morgan fingerprint density at radius 1 is 0.862 bits per heavy atom. The SMILES string of the molecule is CC(C)c1ccc(OCC(=O)NNC(=O)COc2ccccc2C(C)(C)C)cc1. The van der Waals surface area contributed by atoms with Gasteiger partial charge in [-0.2, -0.15) is 0 Å². The molecule has 0 aromatic heterocycles. The second kappa shape index (κ2) is 9.96. The Kier molecular flexibility index (Phi) is 7.65. The van der Waals surface area contributed by atoms with E-state index in [2.05, 4.69) is 45.5 Å². The van der Waals surface area contributed by atoms with E-state index in [1.807, 2.05) is 48.5 Å². The van der Waals surface area contributed by atoms with Crippen LogP contribution in [-0.4, -0.2) is 25.0 Å². The van der Waals surface area contributed by atoms with Crippen LogP contribution in [0.2, 0.25) is 0 Å². The first kappa shape index (κ1) is 22.3. The van der Waals surface area contributed by atoms with Crippen molar-refractivity contribution in [2.24, 2.45) is 0 Å². The molecule has 0 atom stereocenters. The summed E-state index contributed by atoms with van der Waals surface area (Å²) in [4.78, 5) is 23.8. The molecule has 0 bridgehead atoms. The Morgan fingerprint density at radius 2 is 1.41 bits per heavy atom. The third-order valence-electron chi connectivity index (χ3n) is 4.31. The minimum atomic E-state index is -0.457. The lowest BCUT2D eigenvalue weighted by atomic mass is 9.86. The first-order valence-electron chi connectivity index (χ1n) is 9.69. The van der Waals surface area contributed by atoms with Crippen molar-refractivity contribution in [3.05, 3.63) is 59.7 Å². The highest BCUT2D eigenvalue weighted by molar-refractivity contribution is 5.83. The van der Waals surface area contributed by atoms with Crippen LogP contribution in [0.4, 0.5) is 0 Å². The lowest BCUT2D eigenvalue weighted by Crippen LogP contribution is -2.45. The van der Waals surface area contributed by atoms with Gasteiger partial charge in [0.2, 0.25) is 0 Å². The number of hydrazine groups is 1. The topological polar surface area (TPSA) is 76.7 Å². The maximum atomic E-state index is 12.0. The van der Waals surface area contributed by atoms with Crippen LogP contribution in [0.25, 0.3) is 0 Å². The van der Waals surface area contributed by atoms with Gasteiger partial charge >= 0.3 is 0 Å². The zero-order valence-electron chi connectivity index (χ0n) is 17.7. The van der Waals surface area contributed by atoms with Gasteiger partial charge in [-0.25, -0.2) is 0 Å². The Bertz CT molecular complexity index is 824. The molecule has 2 rings (SSSR count). The van der Waals surface area contributed by atoms with Gasteiger partial charge < -0.3 is 9.47 Å². The summed E-state index contributed by atoms with van der Waals surface area (Å²) in [6.45, 7) is 10.0. The molecule has 156 valence electrons. The molecule has 0 aliphatic rings.